The molecule has 0 aliphatic heterocycles. The quantitative estimate of drug-likeness (QED) is 0.441. The van der Waals surface area contributed by atoms with E-state index >= 15 is 0 Å². The summed E-state index contributed by atoms with van der Waals surface area (Å²) in [5.41, 5.74) is 9.77. The first-order valence-electron chi connectivity index (χ1n) is 4.30. The smallest absolute Gasteiger partial charge is 0.0465 e. The summed E-state index contributed by atoms with van der Waals surface area (Å²) in [6, 6.07) is 7.29. The second kappa shape index (κ2) is 5.80. The maximum absolute atomic E-state index is 8.58. The molecule has 1 N–H and O–H groups in total. The molecule has 0 spiro atoms. The van der Waals surface area contributed by atoms with Crippen molar-refractivity contribution in [3.8, 4) is 0 Å². The molecule has 0 fully saturated rings. The zero-order chi connectivity index (χ0) is 10.2. The Morgan fingerprint density at radius 3 is 2.93 bits per heavy atom. The molecule has 0 unspecified atom stereocenters. The van der Waals surface area contributed by atoms with Crippen LogP contribution in [0.5, 0.6) is 0 Å². The van der Waals surface area contributed by atoms with Gasteiger partial charge in [-0.2, -0.15) is 0 Å². The lowest BCUT2D eigenvalue weighted by atomic mass is 10.1. The van der Waals surface area contributed by atoms with Crippen LogP contribution in [0.15, 0.2) is 35.5 Å². The number of nitrogens with zero attached hydrogens (tertiary/aromatic N) is 3. The molecular formula is C10H11N3O. The summed E-state index contributed by atoms with van der Waals surface area (Å²) < 4.78 is 0. The van der Waals surface area contributed by atoms with Crippen molar-refractivity contribution in [3.05, 3.63) is 46.3 Å². The first-order valence-corrected chi connectivity index (χ1v) is 4.30. The second-order valence-electron chi connectivity index (χ2n) is 2.66. The first-order chi connectivity index (χ1) is 6.88. The fourth-order valence-electron chi connectivity index (χ4n) is 1.05. The van der Waals surface area contributed by atoms with Gasteiger partial charge in [-0.25, -0.2) is 0 Å². The maximum atomic E-state index is 8.58. The van der Waals surface area contributed by atoms with Gasteiger partial charge in [0, 0.05) is 17.2 Å². The molecule has 0 atom stereocenters. The van der Waals surface area contributed by atoms with Crippen molar-refractivity contribution >= 4 is 11.8 Å². The summed E-state index contributed by atoms with van der Waals surface area (Å²) in [5.74, 6) is 0. The summed E-state index contributed by atoms with van der Waals surface area (Å²) in [6.07, 6.45) is 4.27. The highest BCUT2D eigenvalue weighted by atomic mass is 16.2. The standard InChI is InChI=1S/C10H11N3O/c11-13-12-10-7-2-1-5-9(10)6-3-4-8-14/h1-3,5-7,14H,4,8H2. The lowest BCUT2D eigenvalue weighted by molar-refractivity contribution is 0.303. The van der Waals surface area contributed by atoms with Crippen molar-refractivity contribution in [1.29, 1.82) is 0 Å². The Labute approximate surface area is 82.1 Å². The van der Waals surface area contributed by atoms with Gasteiger partial charge in [0.15, 0.2) is 0 Å². The molecule has 0 amide bonds. The third-order valence-corrected chi connectivity index (χ3v) is 1.68. The Bertz CT molecular complexity index is 367. The van der Waals surface area contributed by atoms with Crippen LogP contribution >= 0.6 is 0 Å². The molecule has 0 bridgehead atoms. The van der Waals surface area contributed by atoms with E-state index in [0.29, 0.717) is 12.1 Å². The van der Waals surface area contributed by atoms with Gasteiger partial charge in [0.25, 0.3) is 0 Å². The summed E-state index contributed by atoms with van der Waals surface area (Å²) in [7, 11) is 0. The SMILES string of the molecule is [N-]=[N+]=Nc1ccccc1C=CCCO. The summed E-state index contributed by atoms with van der Waals surface area (Å²) in [4.78, 5) is 2.74. The largest absolute Gasteiger partial charge is 0.396 e. The molecule has 1 aromatic rings. The highest BCUT2D eigenvalue weighted by Crippen LogP contribution is 2.20. The molecule has 14 heavy (non-hydrogen) atoms. The van der Waals surface area contributed by atoms with Crippen LogP contribution in [0.25, 0.3) is 16.5 Å². The van der Waals surface area contributed by atoms with Crippen molar-refractivity contribution in [3.63, 3.8) is 0 Å². The van der Waals surface area contributed by atoms with Crippen molar-refractivity contribution in [1.82, 2.24) is 0 Å². The lowest BCUT2D eigenvalue weighted by Crippen LogP contribution is -1.76. The van der Waals surface area contributed by atoms with Crippen molar-refractivity contribution in [2.24, 2.45) is 5.11 Å². The van der Waals surface area contributed by atoms with Crippen LogP contribution in [0.2, 0.25) is 0 Å². The van der Waals surface area contributed by atoms with E-state index in [1.54, 1.807) is 6.07 Å². The van der Waals surface area contributed by atoms with Crippen molar-refractivity contribution < 1.29 is 5.11 Å². The van der Waals surface area contributed by atoms with Crippen LogP contribution in [-0.4, -0.2) is 11.7 Å². The average molecular weight is 189 g/mol. The van der Waals surface area contributed by atoms with E-state index in [-0.39, 0.29) is 6.61 Å². The van der Waals surface area contributed by atoms with Crippen molar-refractivity contribution in [2.45, 2.75) is 6.42 Å². The normalized spacial score (nSPS) is 10.1. The Morgan fingerprint density at radius 2 is 2.21 bits per heavy atom. The third kappa shape index (κ3) is 2.94. The number of azide groups is 1. The Balaban J connectivity index is 2.89. The zero-order valence-electron chi connectivity index (χ0n) is 7.67. The Hall–Kier alpha value is -1.77. The van der Waals surface area contributed by atoms with Crippen LogP contribution in [-0.2, 0) is 0 Å². The van der Waals surface area contributed by atoms with Gasteiger partial charge in [-0.3, -0.25) is 0 Å². The Morgan fingerprint density at radius 1 is 1.43 bits per heavy atom. The number of aliphatic hydroxyl groups is 1. The van der Waals surface area contributed by atoms with Crippen molar-refractivity contribution in [2.75, 3.05) is 6.61 Å². The molecular weight excluding hydrogens is 178 g/mol. The third-order valence-electron chi connectivity index (χ3n) is 1.68. The van der Waals surface area contributed by atoms with E-state index in [1.807, 2.05) is 30.4 Å². The van der Waals surface area contributed by atoms with Gasteiger partial charge in [0.1, 0.15) is 0 Å². The molecule has 0 heterocycles. The molecule has 0 aromatic heterocycles. The molecule has 4 heteroatoms. The van der Waals surface area contributed by atoms with Crippen LogP contribution in [0.4, 0.5) is 5.69 Å². The minimum atomic E-state index is 0.125. The number of hydrogen-bond acceptors (Lipinski definition) is 2. The van der Waals surface area contributed by atoms with Gasteiger partial charge in [-0.1, -0.05) is 41.5 Å². The van der Waals surface area contributed by atoms with Crippen LogP contribution < -0.4 is 0 Å². The first kappa shape index (κ1) is 10.3. The fraction of sp³-hybridized carbons (Fsp3) is 0.200. The zero-order valence-corrected chi connectivity index (χ0v) is 7.67. The molecule has 0 saturated heterocycles. The van der Waals surface area contributed by atoms with Gasteiger partial charge in [0.05, 0.1) is 0 Å². The number of rotatable bonds is 4. The highest BCUT2D eigenvalue weighted by molar-refractivity contribution is 5.63. The van der Waals surface area contributed by atoms with E-state index in [4.69, 9.17) is 10.6 Å². The van der Waals surface area contributed by atoms with Gasteiger partial charge in [-0.05, 0) is 17.5 Å². The molecule has 0 saturated carbocycles. The summed E-state index contributed by atoms with van der Waals surface area (Å²) in [6.45, 7) is 0.125. The van der Waals surface area contributed by atoms with Crippen LogP contribution in [0.1, 0.15) is 12.0 Å². The molecule has 0 aliphatic carbocycles. The van der Waals surface area contributed by atoms with Gasteiger partial charge in [0.2, 0.25) is 0 Å². The monoisotopic (exact) mass is 189 g/mol. The maximum Gasteiger partial charge on any atom is 0.0465 e. The summed E-state index contributed by atoms with van der Waals surface area (Å²) in [5, 5.41) is 12.1. The highest BCUT2D eigenvalue weighted by Gasteiger charge is 1.93. The number of aliphatic hydroxyl groups excluding tert-OH is 1. The molecule has 0 radical (unpaired) electrons. The molecule has 1 rings (SSSR count). The van der Waals surface area contributed by atoms with E-state index in [9.17, 15) is 0 Å². The molecule has 1 aromatic carbocycles. The van der Waals surface area contributed by atoms with Gasteiger partial charge >= 0.3 is 0 Å². The minimum Gasteiger partial charge on any atom is -0.396 e. The number of hydrogen-bond donors (Lipinski definition) is 1. The molecule has 4 nitrogen and oxygen atoms in total. The predicted octanol–water partition coefficient (Wildman–Crippen LogP) is 3.02. The molecule has 72 valence electrons. The van der Waals surface area contributed by atoms with E-state index in [1.165, 1.54) is 0 Å². The predicted molar refractivity (Wildman–Crippen MR) is 56.0 cm³/mol. The van der Waals surface area contributed by atoms with Gasteiger partial charge in [-0.15, -0.1) is 0 Å². The van der Waals surface area contributed by atoms with Crippen LogP contribution in [0.3, 0.4) is 0 Å². The average Bonchev–Trinajstić information content (AvgIpc) is 2.21. The topological polar surface area (TPSA) is 69.0 Å². The lowest BCUT2D eigenvalue weighted by Gasteiger charge is -1.97. The van der Waals surface area contributed by atoms with E-state index in [0.717, 1.165) is 5.56 Å². The van der Waals surface area contributed by atoms with Crippen LogP contribution in [0, 0.1) is 0 Å². The van der Waals surface area contributed by atoms with E-state index in [2.05, 4.69) is 10.0 Å². The number of benzene rings is 1. The van der Waals surface area contributed by atoms with E-state index < -0.39 is 0 Å². The minimum absolute atomic E-state index is 0.125. The second-order valence-corrected chi connectivity index (χ2v) is 2.66. The van der Waals surface area contributed by atoms with Gasteiger partial charge < -0.3 is 5.11 Å². The summed E-state index contributed by atoms with van der Waals surface area (Å²) >= 11 is 0. The fourth-order valence-corrected chi connectivity index (χ4v) is 1.05. The molecule has 0 aliphatic rings. The Kier molecular flexibility index (Phi) is 4.27.